The van der Waals surface area contributed by atoms with Gasteiger partial charge in [0.2, 0.25) is 15.7 Å². The molecule has 0 unspecified atom stereocenters. The molecule has 42 heavy (non-hydrogen) atoms. The fraction of sp³-hybridized carbons (Fsp3) is 0.188. The van der Waals surface area contributed by atoms with Gasteiger partial charge in [-0.1, -0.05) is 60.7 Å². The highest BCUT2D eigenvalue weighted by Crippen LogP contribution is 2.32. The van der Waals surface area contributed by atoms with Gasteiger partial charge in [0, 0.05) is 31.7 Å². The number of sulfonamides is 1. The fourth-order valence-electron chi connectivity index (χ4n) is 4.88. The van der Waals surface area contributed by atoms with E-state index in [0.29, 0.717) is 45.2 Å². The van der Waals surface area contributed by atoms with E-state index in [9.17, 15) is 13.2 Å². The van der Waals surface area contributed by atoms with Crippen molar-refractivity contribution >= 4 is 32.3 Å². The third-order valence-corrected chi connectivity index (χ3v) is 8.85. The molecular formula is C32H30N6O3S. The van der Waals surface area contributed by atoms with Crippen molar-refractivity contribution in [2.45, 2.75) is 25.6 Å². The molecule has 0 aliphatic rings. The summed E-state index contributed by atoms with van der Waals surface area (Å²) in [6, 6.07) is 23.9. The van der Waals surface area contributed by atoms with Crippen molar-refractivity contribution in [3.05, 3.63) is 124 Å². The van der Waals surface area contributed by atoms with E-state index in [1.165, 1.54) is 24.6 Å². The molecule has 0 saturated carbocycles. The molecule has 3 aromatic carbocycles. The Hall–Kier alpha value is -4.85. The molecule has 5 aromatic rings. The second-order valence-corrected chi connectivity index (χ2v) is 12.4. The first-order chi connectivity index (χ1) is 20.1. The number of aromatic nitrogens is 3. The molecule has 212 valence electrons. The molecule has 0 radical (unpaired) electrons. The zero-order chi connectivity index (χ0) is 30.0. The summed E-state index contributed by atoms with van der Waals surface area (Å²) in [5, 5.41) is 4.58. The van der Waals surface area contributed by atoms with Gasteiger partial charge in [-0.2, -0.15) is 0 Å². The molecule has 1 atom stereocenters. The van der Waals surface area contributed by atoms with Crippen LogP contribution < -0.4 is 10.9 Å². The van der Waals surface area contributed by atoms with E-state index in [1.807, 2.05) is 79.7 Å². The van der Waals surface area contributed by atoms with Crippen LogP contribution in [-0.2, 0) is 15.8 Å². The normalized spacial score (nSPS) is 12.3. The van der Waals surface area contributed by atoms with Crippen molar-refractivity contribution < 1.29 is 8.42 Å². The molecule has 0 saturated heterocycles. The lowest BCUT2D eigenvalue weighted by Gasteiger charge is -2.22. The minimum atomic E-state index is -3.46. The number of nitrogens with one attached hydrogen (secondary N) is 1. The SMILES string of the molecule is [C-]#[N+]c1cnc(C)nc1N[C@@H](C)c1cc2cccc(-c3cccc(CS(=O)(=O)N(C)C)c3)c2c(=O)n1-c1ccccc1. The third kappa shape index (κ3) is 5.65. The molecule has 0 fully saturated rings. The number of nitrogens with zero attached hydrogens (tertiary/aromatic N) is 5. The lowest BCUT2D eigenvalue weighted by Crippen LogP contribution is -2.26. The van der Waals surface area contributed by atoms with Crippen LogP contribution in [0.1, 0.15) is 30.0 Å². The average Bonchev–Trinajstić information content (AvgIpc) is 2.97. The van der Waals surface area contributed by atoms with Crippen molar-refractivity contribution in [2.75, 3.05) is 19.4 Å². The van der Waals surface area contributed by atoms with Crippen molar-refractivity contribution in [1.29, 1.82) is 0 Å². The van der Waals surface area contributed by atoms with Gasteiger partial charge in [-0.15, -0.1) is 0 Å². The highest BCUT2D eigenvalue weighted by Gasteiger charge is 2.21. The Morgan fingerprint density at radius 2 is 1.76 bits per heavy atom. The van der Waals surface area contributed by atoms with E-state index in [4.69, 9.17) is 6.57 Å². The van der Waals surface area contributed by atoms with Gasteiger partial charge in [0.05, 0.1) is 23.8 Å². The number of aryl methyl sites for hydroxylation is 1. The minimum Gasteiger partial charge on any atom is -0.371 e. The predicted octanol–water partition coefficient (Wildman–Crippen LogP) is 5.87. The molecule has 0 aliphatic heterocycles. The summed E-state index contributed by atoms with van der Waals surface area (Å²) in [5.41, 5.74) is 3.55. The van der Waals surface area contributed by atoms with E-state index >= 15 is 0 Å². The van der Waals surface area contributed by atoms with Crippen LogP contribution in [0.4, 0.5) is 11.5 Å². The van der Waals surface area contributed by atoms with Crippen LogP contribution in [0.3, 0.4) is 0 Å². The van der Waals surface area contributed by atoms with Crippen LogP contribution in [-0.4, -0.2) is 41.4 Å². The fourth-order valence-corrected chi connectivity index (χ4v) is 5.74. The van der Waals surface area contributed by atoms with Gasteiger partial charge in [0.15, 0.2) is 0 Å². The van der Waals surface area contributed by atoms with E-state index < -0.39 is 16.1 Å². The highest BCUT2D eigenvalue weighted by molar-refractivity contribution is 7.88. The summed E-state index contributed by atoms with van der Waals surface area (Å²) >= 11 is 0. The van der Waals surface area contributed by atoms with Crippen LogP contribution in [0.15, 0.2) is 89.9 Å². The number of rotatable bonds is 8. The molecule has 0 bridgehead atoms. The number of anilines is 1. The average molecular weight is 579 g/mol. The molecule has 0 amide bonds. The lowest BCUT2D eigenvalue weighted by molar-refractivity contribution is 0.520. The summed E-state index contributed by atoms with van der Waals surface area (Å²) < 4.78 is 28.0. The predicted molar refractivity (Wildman–Crippen MR) is 166 cm³/mol. The minimum absolute atomic E-state index is 0.144. The molecule has 9 nitrogen and oxygen atoms in total. The van der Waals surface area contributed by atoms with E-state index in [1.54, 1.807) is 17.6 Å². The first-order valence-electron chi connectivity index (χ1n) is 13.3. The molecule has 0 aliphatic carbocycles. The van der Waals surface area contributed by atoms with Gasteiger partial charge in [0.25, 0.3) is 5.56 Å². The largest absolute Gasteiger partial charge is 0.371 e. The summed E-state index contributed by atoms with van der Waals surface area (Å²) in [7, 11) is -0.436. The second kappa shape index (κ2) is 11.6. The second-order valence-electron chi connectivity index (χ2n) is 10.2. The van der Waals surface area contributed by atoms with Gasteiger partial charge < -0.3 is 5.32 Å². The number of para-hydroxylation sites is 1. The van der Waals surface area contributed by atoms with E-state index in [-0.39, 0.29) is 11.3 Å². The van der Waals surface area contributed by atoms with Crippen LogP contribution >= 0.6 is 0 Å². The molecule has 2 aromatic heterocycles. The smallest absolute Gasteiger partial charge is 0.263 e. The number of fused-ring (bicyclic) bond motifs is 1. The monoisotopic (exact) mass is 578 g/mol. The maximum Gasteiger partial charge on any atom is 0.263 e. The Bertz CT molecular complexity index is 2000. The Kier molecular flexibility index (Phi) is 7.89. The van der Waals surface area contributed by atoms with Gasteiger partial charge in [0.1, 0.15) is 11.6 Å². The number of pyridine rings is 1. The van der Waals surface area contributed by atoms with Crippen molar-refractivity contribution in [3.8, 4) is 16.8 Å². The number of hydrogen-bond donors (Lipinski definition) is 1. The quantitative estimate of drug-likeness (QED) is 0.231. The van der Waals surface area contributed by atoms with Crippen LogP contribution in [0.25, 0.3) is 32.4 Å². The topological polar surface area (TPSA) is 102 Å². The van der Waals surface area contributed by atoms with E-state index in [2.05, 4.69) is 20.1 Å². The van der Waals surface area contributed by atoms with Crippen LogP contribution in [0.2, 0.25) is 0 Å². The number of benzene rings is 3. The molecule has 5 rings (SSSR count). The standard InChI is InChI=1S/C32H30N6O3S/c1-21(35-31-28(33-3)19-34-22(2)36-31)29-18-25-13-10-16-27(30(25)32(39)38(29)26-14-7-6-8-15-26)24-12-9-11-23(17-24)20-42(40,41)37(4)5/h6-19,21H,20H2,1-2,4-5H3,(H,34,35,36)/t21-/m0/s1. The van der Waals surface area contributed by atoms with Crippen molar-refractivity contribution in [2.24, 2.45) is 0 Å². The van der Waals surface area contributed by atoms with Gasteiger partial charge in [-0.3, -0.25) is 14.3 Å². The van der Waals surface area contributed by atoms with Gasteiger partial charge in [-0.25, -0.2) is 22.6 Å². The van der Waals surface area contributed by atoms with Crippen LogP contribution in [0, 0.1) is 13.5 Å². The van der Waals surface area contributed by atoms with Gasteiger partial charge >= 0.3 is 0 Å². The molecule has 1 N–H and O–H groups in total. The summed E-state index contributed by atoms with van der Waals surface area (Å²) in [6.07, 6.45) is 1.49. The first kappa shape index (κ1) is 28.7. The highest BCUT2D eigenvalue weighted by atomic mass is 32.2. The van der Waals surface area contributed by atoms with Crippen molar-refractivity contribution in [1.82, 2.24) is 18.8 Å². The Balaban J connectivity index is 1.70. The molecule has 0 spiro atoms. The zero-order valence-corrected chi connectivity index (χ0v) is 24.6. The first-order valence-corrected chi connectivity index (χ1v) is 14.9. The van der Waals surface area contributed by atoms with Crippen LogP contribution in [0.5, 0.6) is 0 Å². The maximum absolute atomic E-state index is 14.4. The summed E-state index contributed by atoms with van der Waals surface area (Å²) in [6.45, 7) is 11.2. The molecular weight excluding hydrogens is 548 g/mol. The summed E-state index contributed by atoms with van der Waals surface area (Å²) in [5.74, 6) is 0.784. The Morgan fingerprint density at radius 3 is 2.48 bits per heavy atom. The summed E-state index contributed by atoms with van der Waals surface area (Å²) in [4.78, 5) is 26.5. The number of hydrogen-bond acceptors (Lipinski definition) is 6. The Morgan fingerprint density at radius 1 is 1.02 bits per heavy atom. The van der Waals surface area contributed by atoms with E-state index in [0.717, 1.165) is 10.9 Å². The molecule has 2 heterocycles. The molecule has 10 heteroatoms. The van der Waals surface area contributed by atoms with Gasteiger partial charge in [-0.05, 0) is 54.1 Å². The lowest BCUT2D eigenvalue weighted by atomic mass is 9.97. The van der Waals surface area contributed by atoms with Crippen molar-refractivity contribution in [3.63, 3.8) is 0 Å². The maximum atomic E-state index is 14.4. The third-order valence-electron chi connectivity index (χ3n) is 7.04. The zero-order valence-electron chi connectivity index (χ0n) is 23.7. The Labute approximate surface area is 245 Å².